The summed E-state index contributed by atoms with van der Waals surface area (Å²) in [6.45, 7) is 3.95. The van der Waals surface area contributed by atoms with Crippen molar-refractivity contribution in [3.05, 3.63) is 35.7 Å². The molecule has 1 N–H and O–H groups in total. The number of nitrogens with zero attached hydrogens (tertiary/aromatic N) is 3. The zero-order valence-electron chi connectivity index (χ0n) is 13.4. The van der Waals surface area contributed by atoms with Gasteiger partial charge in [-0.1, -0.05) is 0 Å². The molecule has 7 nitrogen and oxygen atoms in total. The van der Waals surface area contributed by atoms with E-state index < -0.39 is 0 Å². The van der Waals surface area contributed by atoms with Gasteiger partial charge >= 0.3 is 0 Å². The molecule has 0 atom stereocenters. The van der Waals surface area contributed by atoms with Gasteiger partial charge in [0.05, 0.1) is 0 Å². The van der Waals surface area contributed by atoms with Crippen LogP contribution in [0.2, 0.25) is 0 Å². The van der Waals surface area contributed by atoms with Crippen LogP contribution in [0.5, 0.6) is 11.5 Å². The van der Waals surface area contributed by atoms with E-state index in [2.05, 4.69) is 20.2 Å². The van der Waals surface area contributed by atoms with Gasteiger partial charge in [0.1, 0.15) is 5.69 Å². The number of ether oxygens (including phenoxy) is 2. The topological polar surface area (TPSA) is 76.6 Å². The van der Waals surface area contributed by atoms with Gasteiger partial charge in [-0.15, -0.1) is 0 Å². The monoisotopic (exact) mass is 326 g/mol. The summed E-state index contributed by atoms with van der Waals surface area (Å²) in [5, 5.41) is 2.85. The largest absolute Gasteiger partial charge is 0.454 e. The van der Waals surface area contributed by atoms with Gasteiger partial charge in [-0.25, -0.2) is 9.97 Å². The molecule has 24 heavy (non-hydrogen) atoms. The summed E-state index contributed by atoms with van der Waals surface area (Å²) < 4.78 is 10.6. The van der Waals surface area contributed by atoms with Gasteiger partial charge in [0.2, 0.25) is 12.7 Å². The van der Waals surface area contributed by atoms with Crippen LogP contribution in [0.4, 0.5) is 11.6 Å². The molecule has 1 saturated heterocycles. The van der Waals surface area contributed by atoms with Gasteiger partial charge < -0.3 is 19.7 Å². The van der Waals surface area contributed by atoms with E-state index in [0.29, 0.717) is 28.8 Å². The van der Waals surface area contributed by atoms with Crippen LogP contribution in [0, 0.1) is 6.92 Å². The van der Waals surface area contributed by atoms with Crippen LogP contribution in [0.1, 0.15) is 29.0 Å². The van der Waals surface area contributed by atoms with Crippen LogP contribution in [-0.4, -0.2) is 35.8 Å². The fourth-order valence-electron chi connectivity index (χ4n) is 2.90. The fraction of sp³-hybridized carbons (Fsp3) is 0.353. The lowest BCUT2D eigenvalue weighted by molar-refractivity contribution is 0.102. The van der Waals surface area contributed by atoms with Crippen molar-refractivity contribution >= 4 is 17.5 Å². The second kappa shape index (κ2) is 5.99. The van der Waals surface area contributed by atoms with Crippen molar-refractivity contribution in [1.82, 2.24) is 9.97 Å². The van der Waals surface area contributed by atoms with Crippen LogP contribution in [-0.2, 0) is 0 Å². The Hall–Kier alpha value is -2.83. The molecule has 0 saturated carbocycles. The molecule has 1 aromatic carbocycles. The lowest BCUT2D eigenvalue weighted by atomic mass is 10.2. The number of nitrogens with one attached hydrogen (secondary N) is 1. The summed E-state index contributed by atoms with van der Waals surface area (Å²) in [5.74, 6) is 1.68. The van der Waals surface area contributed by atoms with Crippen molar-refractivity contribution in [3.63, 3.8) is 0 Å². The summed E-state index contributed by atoms with van der Waals surface area (Å²) in [5.41, 5.74) is 1.79. The number of benzene rings is 1. The molecule has 2 aromatic rings. The predicted octanol–water partition coefficient (Wildman–Crippen LogP) is 2.37. The van der Waals surface area contributed by atoms with Gasteiger partial charge in [-0.2, -0.15) is 0 Å². The number of hydrogen-bond acceptors (Lipinski definition) is 6. The van der Waals surface area contributed by atoms with Crippen molar-refractivity contribution in [2.45, 2.75) is 19.8 Å². The van der Waals surface area contributed by atoms with E-state index in [1.54, 1.807) is 24.3 Å². The molecule has 1 amide bonds. The Bertz CT molecular complexity index is 787. The summed E-state index contributed by atoms with van der Waals surface area (Å²) in [6, 6.07) is 7.00. The predicted molar refractivity (Wildman–Crippen MR) is 88.7 cm³/mol. The average molecular weight is 326 g/mol. The molecular weight excluding hydrogens is 308 g/mol. The van der Waals surface area contributed by atoms with Crippen molar-refractivity contribution in [3.8, 4) is 11.5 Å². The number of rotatable bonds is 3. The molecule has 3 heterocycles. The maximum absolute atomic E-state index is 12.5. The highest BCUT2D eigenvalue weighted by Gasteiger charge is 2.19. The van der Waals surface area contributed by atoms with E-state index in [4.69, 9.17) is 9.47 Å². The molecule has 124 valence electrons. The third kappa shape index (κ3) is 2.84. The van der Waals surface area contributed by atoms with Crippen LogP contribution in [0.25, 0.3) is 0 Å². The highest BCUT2D eigenvalue weighted by atomic mass is 16.7. The van der Waals surface area contributed by atoms with Crippen molar-refractivity contribution in [2.75, 3.05) is 30.1 Å². The normalized spacial score (nSPS) is 15.6. The Balaban J connectivity index is 1.55. The quantitative estimate of drug-likeness (QED) is 0.933. The Kier molecular flexibility index (Phi) is 3.68. The van der Waals surface area contributed by atoms with Crippen LogP contribution in [0.15, 0.2) is 24.3 Å². The first-order valence-corrected chi connectivity index (χ1v) is 8.01. The number of hydrogen-bond donors (Lipinski definition) is 1. The molecule has 0 radical (unpaired) electrons. The minimum Gasteiger partial charge on any atom is -0.454 e. The first-order valence-electron chi connectivity index (χ1n) is 8.01. The molecule has 0 aliphatic carbocycles. The number of carbonyl (C=O) groups is 1. The van der Waals surface area contributed by atoms with Crippen LogP contribution >= 0.6 is 0 Å². The number of carbonyl (C=O) groups excluding carboxylic acids is 1. The van der Waals surface area contributed by atoms with E-state index in [0.717, 1.165) is 31.6 Å². The van der Waals surface area contributed by atoms with Gasteiger partial charge in [-0.3, -0.25) is 4.79 Å². The zero-order valence-corrected chi connectivity index (χ0v) is 13.4. The third-order valence-electron chi connectivity index (χ3n) is 4.09. The van der Waals surface area contributed by atoms with Gasteiger partial charge in [0.15, 0.2) is 11.5 Å². The summed E-state index contributed by atoms with van der Waals surface area (Å²) in [6.07, 6.45) is 2.27. The lowest BCUT2D eigenvalue weighted by Gasteiger charge is -2.16. The van der Waals surface area contributed by atoms with Crippen molar-refractivity contribution in [1.29, 1.82) is 0 Å². The second-order valence-electron chi connectivity index (χ2n) is 5.91. The third-order valence-corrected chi connectivity index (χ3v) is 4.09. The van der Waals surface area contributed by atoms with Crippen molar-refractivity contribution < 1.29 is 14.3 Å². The average Bonchev–Trinajstić information content (AvgIpc) is 3.25. The molecular formula is C17H18N4O3. The maximum atomic E-state index is 12.5. The molecule has 1 fully saturated rings. The number of aromatic nitrogens is 2. The number of anilines is 2. The number of fused-ring (bicyclic) bond motifs is 1. The van der Waals surface area contributed by atoms with Crippen LogP contribution < -0.4 is 19.7 Å². The summed E-state index contributed by atoms with van der Waals surface area (Å²) >= 11 is 0. The molecule has 1 aromatic heterocycles. The highest BCUT2D eigenvalue weighted by Crippen LogP contribution is 2.34. The minimum absolute atomic E-state index is 0.205. The van der Waals surface area contributed by atoms with E-state index in [1.807, 2.05) is 6.92 Å². The summed E-state index contributed by atoms with van der Waals surface area (Å²) in [4.78, 5) is 23.5. The molecule has 2 aliphatic rings. The smallest absolute Gasteiger partial charge is 0.274 e. The maximum Gasteiger partial charge on any atom is 0.274 e. The van der Waals surface area contributed by atoms with E-state index in [-0.39, 0.29) is 12.7 Å². The molecule has 4 rings (SSSR count). The van der Waals surface area contributed by atoms with Crippen LogP contribution in [0.3, 0.4) is 0 Å². The fourth-order valence-corrected chi connectivity index (χ4v) is 2.90. The summed E-state index contributed by atoms with van der Waals surface area (Å²) in [7, 11) is 0. The SMILES string of the molecule is Cc1cc(C(=O)Nc2ccc3c(c2)OCO3)nc(N2CCCC2)n1. The zero-order chi connectivity index (χ0) is 16.5. The molecule has 0 spiro atoms. The standard InChI is InChI=1S/C17H18N4O3/c1-11-8-13(20-17(18-11)21-6-2-3-7-21)16(22)19-12-4-5-14-15(9-12)24-10-23-14/h4-5,8-9H,2-3,6-7,10H2,1H3,(H,19,22). The Morgan fingerprint density at radius 2 is 1.92 bits per heavy atom. The van der Waals surface area contributed by atoms with E-state index >= 15 is 0 Å². The van der Waals surface area contributed by atoms with E-state index in [1.165, 1.54) is 0 Å². The minimum atomic E-state index is -0.264. The Morgan fingerprint density at radius 3 is 2.75 bits per heavy atom. The molecule has 7 heteroatoms. The van der Waals surface area contributed by atoms with Gasteiger partial charge in [-0.05, 0) is 38.0 Å². The van der Waals surface area contributed by atoms with Gasteiger partial charge in [0, 0.05) is 30.5 Å². The van der Waals surface area contributed by atoms with E-state index in [9.17, 15) is 4.79 Å². The number of aryl methyl sites for hydroxylation is 1. The van der Waals surface area contributed by atoms with Crippen molar-refractivity contribution in [2.24, 2.45) is 0 Å². The van der Waals surface area contributed by atoms with Gasteiger partial charge in [0.25, 0.3) is 5.91 Å². The lowest BCUT2D eigenvalue weighted by Crippen LogP contribution is -2.23. The Morgan fingerprint density at radius 1 is 1.12 bits per heavy atom. The second-order valence-corrected chi connectivity index (χ2v) is 5.91. The molecule has 0 unspecified atom stereocenters. The first kappa shape index (κ1) is 14.7. The highest BCUT2D eigenvalue weighted by molar-refractivity contribution is 6.03. The number of amides is 1. The molecule has 0 bridgehead atoms. The molecule has 2 aliphatic heterocycles. The Labute approximate surface area is 139 Å². The first-order chi connectivity index (χ1) is 11.7.